The Kier molecular flexibility index (Phi) is 17.9. The van der Waals surface area contributed by atoms with Crippen LogP contribution in [0.4, 0.5) is 0 Å². The molecule has 5 atom stereocenters. The molecule has 0 amide bonds. The topological polar surface area (TPSA) is 116 Å². The average Bonchev–Trinajstić information content (AvgIpc) is 2.85. The molecule has 1 heterocycles. The second kappa shape index (κ2) is 19.4. The summed E-state index contributed by atoms with van der Waals surface area (Å²) in [7, 11) is 0. The van der Waals surface area contributed by atoms with E-state index in [-0.39, 0.29) is 12.8 Å². The SMILES string of the molecule is CCCCCCCCCCCCCCCCCC(=O)OC1(CCCC)O[C@H](CO)[C@@H](O)[C@H](O)[C@H]1O. The fourth-order valence-corrected chi connectivity index (χ4v) is 4.86. The molecule has 0 bridgehead atoms. The average molecular weight is 503 g/mol. The van der Waals surface area contributed by atoms with Gasteiger partial charge < -0.3 is 29.9 Å². The lowest BCUT2D eigenvalue weighted by molar-refractivity contribution is -0.354. The Morgan fingerprint density at radius 3 is 1.63 bits per heavy atom. The number of aliphatic hydroxyl groups is 4. The Morgan fingerprint density at radius 1 is 0.714 bits per heavy atom. The van der Waals surface area contributed by atoms with Crippen LogP contribution in [-0.2, 0) is 14.3 Å². The van der Waals surface area contributed by atoms with Gasteiger partial charge in [-0.25, -0.2) is 0 Å². The van der Waals surface area contributed by atoms with Gasteiger partial charge in [0.05, 0.1) is 6.61 Å². The fourth-order valence-electron chi connectivity index (χ4n) is 4.86. The third-order valence-electron chi connectivity index (χ3n) is 7.19. The predicted molar refractivity (Wildman–Crippen MR) is 138 cm³/mol. The summed E-state index contributed by atoms with van der Waals surface area (Å²) in [4.78, 5) is 12.5. The molecule has 7 heteroatoms. The van der Waals surface area contributed by atoms with Crippen LogP contribution in [0, 0.1) is 0 Å². The number of aliphatic hydroxyl groups excluding tert-OH is 4. The second-order valence-electron chi connectivity index (χ2n) is 10.4. The van der Waals surface area contributed by atoms with Gasteiger partial charge in [0.2, 0.25) is 5.79 Å². The fraction of sp³-hybridized carbons (Fsp3) is 0.964. The van der Waals surface area contributed by atoms with Crippen molar-refractivity contribution in [2.24, 2.45) is 0 Å². The van der Waals surface area contributed by atoms with Crippen LogP contribution < -0.4 is 0 Å². The van der Waals surface area contributed by atoms with Crippen molar-refractivity contribution in [3.05, 3.63) is 0 Å². The molecule has 0 aliphatic carbocycles. The maximum absolute atomic E-state index is 12.5. The minimum Gasteiger partial charge on any atom is -0.430 e. The Hall–Kier alpha value is -0.730. The lowest BCUT2D eigenvalue weighted by Gasteiger charge is -2.47. The first-order valence-corrected chi connectivity index (χ1v) is 14.5. The summed E-state index contributed by atoms with van der Waals surface area (Å²) in [5.74, 6) is -2.23. The quantitative estimate of drug-likeness (QED) is 0.127. The molecular formula is C28H54O7. The first kappa shape index (κ1) is 32.3. The molecule has 1 aliphatic heterocycles. The molecule has 7 nitrogen and oxygen atoms in total. The highest BCUT2D eigenvalue weighted by molar-refractivity contribution is 5.69. The molecule has 208 valence electrons. The van der Waals surface area contributed by atoms with Crippen molar-refractivity contribution < 1.29 is 34.7 Å². The second-order valence-corrected chi connectivity index (χ2v) is 10.4. The zero-order valence-corrected chi connectivity index (χ0v) is 22.5. The molecule has 1 aliphatic rings. The molecule has 0 saturated carbocycles. The van der Waals surface area contributed by atoms with Gasteiger partial charge in [0.25, 0.3) is 0 Å². The molecule has 0 radical (unpaired) electrons. The van der Waals surface area contributed by atoms with E-state index in [1.165, 1.54) is 77.0 Å². The Bertz CT molecular complexity index is 527. The van der Waals surface area contributed by atoms with Crippen LogP contribution in [0.15, 0.2) is 0 Å². The van der Waals surface area contributed by atoms with Gasteiger partial charge in [-0.3, -0.25) is 4.79 Å². The molecule has 35 heavy (non-hydrogen) atoms. The molecule has 1 unspecified atom stereocenters. The van der Waals surface area contributed by atoms with Gasteiger partial charge in [0.1, 0.15) is 24.4 Å². The van der Waals surface area contributed by atoms with E-state index in [1.807, 2.05) is 6.92 Å². The number of carbonyl (C=O) groups excluding carboxylic acids is 1. The highest BCUT2D eigenvalue weighted by Crippen LogP contribution is 2.36. The minimum atomic E-state index is -1.74. The molecule has 4 N–H and O–H groups in total. The number of hydrogen-bond donors (Lipinski definition) is 4. The van der Waals surface area contributed by atoms with E-state index in [9.17, 15) is 25.2 Å². The summed E-state index contributed by atoms with van der Waals surface area (Å²) in [6.45, 7) is 3.66. The smallest absolute Gasteiger partial charge is 0.308 e. The van der Waals surface area contributed by atoms with Gasteiger partial charge in [-0.1, -0.05) is 110 Å². The number of unbranched alkanes of at least 4 members (excludes halogenated alkanes) is 15. The molecule has 1 fully saturated rings. The predicted octanol–water partition coefficient (Wildman–Crippen LogP) is 5.15. The number of ether oxygens (including phenoxy) is 2. The molecule has 0 aromatic rings. The van der Waals surface area contributed by atoms with Crippen LogP contribution in [0.5, 0.6) is 0 Å². The van der Waals surface area contributed by atoms with Crippen molar-refractivity contribution in [1.82, 2.24) is 0 Å². The highest BCUT2D eigenvalue weighted by atomic mass is 16.7. The molecule has 1 rings (SSSR count). The van der Waals surface area contributed by atoms with E-state index in [2.05, 4.69) is 6.92 Å². The number of hydrogen-bond acceptors (Lipinski definition) is 7. The van der Waals surface area contributed by atoms with E-state index in [1.54, 1.807) is 0 Å². The lowest BCUT2D eigenvalue weighted by atomic mass is 9.89. The molecule has 0 aromatic heterocycles. The summed E-state index contributed by atoms with van der Waals surface area (Å²) < 4.78 is 11.2. The lowest BCUT2D eigenvalue weighted by Crippen LogP contribution is -2.66. The molecule has 0 aromatic carbocycles. The largest absolute Gasteiger partial charge is 0.430 e. The third-order valence-corrected chi connectivity index (χ3v) is 7.19. The highest BCUT2D eigenvalue weighted by Gasteiger charge is 2.55. The van der Waals surface area contributed by atoms with Crippen molar-refractivity contribution in [2.75, 3.05) is 6.61 Å². The summed E-state index contributed by atoms with van der Waals surface area (Å²) in [5, 5.41) is 40.3. The minimum absolute atomic E-state index is 0.190. The van der Waals surface area contributed by atoms with Crippen LogP contribution in [0.2, 0.25) is 0 Å². The first-order valence-electron chi connectivity index (χ1n) is 14.5. The van der Waals surface area contributed by atoms with Gasteiger partial charge in [-0.05, 0) is 12.8 Å². The van der Waals surface area contributed by atoms with Crippen molar-refractivity contribution >= 4 is 5.97 Å². The monoisotopic (exact) mass is 502 g/mol. The van der Waals surface area contributed by atoms with E-state index in [0.717, 1.165) is 19.3 Å². The number of rotatable bonds is 21. The first-order chi connectivity index (χ1) is 16.9. The van der Waals surface area contributed by atoms with Crippen molar-refractivity contribution in [3.63, 3.8) is 0 Å². The molecule has 0 spiro atoms. The van der Waals surface area contributed by atoms with Crippen molar-refractivity contribution in [2.45, 2.75) is 166 Å². The third kappa shape index (κ3) is 12.4. The number of esters is 1. The van der Waals surface area contributed by atoms with E-state index in [0.29, 0.717) is 12.8 Å². The van der Waals surface area contributed by atoms with Gasteiger partial charge in [-0.15, -0.1) is 0 Å². The molecular weight excluding hydrogens is 448 g/mol. The standard InChI is InChI=1S/C28H54O7/c1-3-5-7-8-9-10-11-12-13-14-15-16-17-18-19-20-24(30)35-28(21-6-4-2)27(33)26(32)25(31)23(22-29)34-28/h23,25-27,29,31-33H,3-22H2,1-2H3/t23-,25-,26+,27-,28?/m1/s1. The van der Waals surface area contributed by atoms with Gasteiger partial charge >= 0.3 is 5.97 Å². The van der Waals surface area contributed by atoms with Crippen molar-refractivity contribution in [3.8, 4) is 0 Å². The van der Waals surface area contributed by atoms with Crippen LogP contribution >= 0.6 is 0 Å². The molecule has 1 saturated heterocycles. The maximum Gasteiger partial charge on any atom is 0.308 e. The van der Waals surface area contributed by atoms with E-state index < -0.39 is 42.8 Å². The summed E-state index contributed by atoms with van der Waals surface area (Å²) in [6, 6.07) is 0. The number of carbonyl (C=O) groups is 1. The maximum atomic E-state index is 12.5. The van der Waals surface area contributed by atoms with E-state index in [4.69, 9.17) is 9.47 Å². The summed E-state index contributed by atoms with van der Waals surface area (Å²) >= 11 is 0. The van der Waals surface area contributed by atoms with E-state index >= 15 is 0 Å². The van der Waals surface area contributed by atoms with Crippen molar-refractivity contribution in [1.29, 1.82) is 0 Å². The van der Waals surface area contributed by atoms with Crippen LogP contribution in [0.3, 0.4) is 0 Å². The van der Waals surface area contributed by atoms with Crippen LogP contribution in [0.1, 0.15) is 136 Å². The Balaban J connectivity index is 2.19. The zero-order chi connectivity index (χ0) is 25.9. The Morgan fingerprint density at radius 2 is 1.17 bits per heavy atom. The van der Waals surface area contributed by atoms with Gasteiger partial charge in [0.15, 0.2) is 0 Å². The van der Waals surface area contributed by atoms with Gasteiger partial charge in [0, 0.05) is 12.8 Å². The normalized spacial score (nSPS) is 26.7. The summed E-state index contributed by atoms with van der Waals surface area (Å²) in [5.41, 5.74) is 0. The summed E-state index contributed by atoms with van der Waals surface area (Å²) in [6.07, 6.45) is 14.8. The van der Waals surface area contributed by atoms with Gasteiger partial charge in [-0.2, -0.15) is 0 Å². The van der Waals surface area contributed by atoms with Crippen LogP contribution in [-0.4, -0.2) is 63.2 Å². The zero-order valence-electron chi connectivity index (χ0n) is 22.5. The van der Waals surface area contributed by atoms with Crippen LogP contribution in [0.25, 0.3) is 0 Å². The Labute approximate surface area is 213 Å².